The van der Waals surface area contributed by atoms with Crippen molar-refractivity contribution in [1.29, 1.82) is 0 Å². The van der Waals surface area contributed by atoms with Crippen molar-refractivity contribution in [3.05, 3.63) is 87.4 Å². The highest BCUT2D eigenvalue weighted by molar-refractivity contribution is 6.32. The van der Waals surface area contributed by atoms with Crippen molar-refractivity contribution in [3.63, 3.8) is 0 Å². The number of anilines is 2. The maximum absolute atomic E-state index is 13.4. The quantitative estimate of drug-likeness (QED) is 0.146. The van der Waals surface area contributed by atoms with Crippen LogP contribution in [0.5, 0.6) is 11.5 Å². The minimum Gasteiger partial charge on any atom is -0.487 e. The van der Waals surface area contributed by atoms with Gasteiger partial charge in [0.15, 0.2) is 5.75 Å². The second-order valence-electron chi connectivity index (χ2n) is 7.55. The van der Waals surface area contributed by atoms with E-state index < -0.39 is 4.92 Å². The zero-order valence-electron chi connectivity index (χ0n) is 19.2. The number of nitro groups is 1. The molecule has 36 heavy (non-hydrogen) atoms. The lowest BCUT2D eigenvalue weighted by Crippen LogP contribution is -2.08. The number of fused-ring (bicyclic) bond motifs is 1. The number of hydrogen-bond acceptors (Lipinski definition) is 8. The molecule has 0 aliphatic heterocycles. The van der Waals surface area contributed by atoms with Gasteiger partial charge in [-0.1, -0.05) is 23.7 Å². The fourth-order valence-corrected chi connectivity index (χ4v) is 3.64. The Kier molecular flexibility index (Phi) is 8.09. The molecule has 4 rings (SSSR count). The molecule has 0 spiro atoms. The molecule has 0 aliphatic carbocycles. The van der Waals surface area contributed by atoms with E-state index in [1.54, 1.807) is 30.3 Å². The van der Waals surface area contributed by atoms with E-state index >= 15 is 0 Å². The summed E-state index contributed by atoms with van der Waals surface area (Å²) < 4.78 is 29.9. The summed E-state index contributed by atoms with van der Waals surface area (Å²) in [5.41, 5.74) is 1.50. The Morgan fingerprint density at radius 1 is 1.06 bits per heavy atom. The second kappa shape index (κ2) is 11.6. The van der Waals surface area contributed by atoms with Gasteiger partial charge >= 0.3 is 5.69 Å². The van der Waals surface area contributed by atoms with Gasteiger partial charge in [-0.15, -0.1) is 0 Å². The van der Waals surface area contributed by atoms with Gasteiger partial charge in [-0.2, -0.15) is 0 Å². The molecule has 9 nitrogen and oxygen atoms in total. The zero-order chi connectivity index (χ0) is 25.5. The van der Waals surface area contributed by atoms with Crippen molar-refractivity contribution in [3.8, 4) is 11.5 Å². The molecular weight excluding hydrogens is 491 g/mol. The number of rotatable bonds is 11. The fraction of sp³-hybridized carbons (Fsp3) is 0.200. The number of ether oxygens (including phenoxy) is 3. The lowest BCUT2D eigenvalue weighted by molar-refractivity contribution is -0.385. The van der Waals surface area contributed by atoms with Crippen molar-refractivity contribution in [2.24, 2.45) is 0 Å². The van der Waals surface area contributed by atoms with E-state index in [1.165, 1.54) is 30.6 Å². The highest BCUT2D eigenvalue weighted by Crippen LogP contribution is 2.35. The second-order valence-corrected chi connectivity index (χ2v) is 7.96. The molecule has 0 saturated heterocycles. The average molecular weight is 513 g/mol. The predicted octanol–water partition coefficient (Wildman–Crippen LogP) is 6.07. The molecule has 0 atom stereocenters. The lowest BCUT2D eigenvalue weighted by atomic mass is 10.2. The van der Waals surface area contributed by atoms with Gasteiger partial charge in [-0.25, -0.2) is 14.4 Å². The molecule has 0 radical (unpaired) electrons. The van der Waals surface area contributed by atoms with Crippen LogP contribution in [0.25, 0.3) is 10.9 Å². The van der Waals surface area contributed by atoms with Gasteiger partial charge in [0.1, 0.15) is 36.9 Å². The minimum absolute atomic E-state index is 0.0969. The van der Waals surface area contributed by atoms with Crippen molar-refractivity contribution in [2.75, 3.05) is 25.1 Å². The van der Waals surface area contributed by atoms with E-state index in [0.717, 1.165) is 0 Å². The highest BCUT2D eigenvalue weighted by atomic mass is 35.5. The number of nitro benzene ring substituents is 1. The Bertz CT molecular complexity index is 1390. The van der Waals surface area contributed by atoms with Gasteiger partial charge in [-0.3, -0.25) is 10.1 Å². The van der Waals surface area contributed by atoms with E-state index in [9.17, 15) is 14.5 Å². The van der Waals surface area contributed by atoms with E-state index in [0.29, 0.717) is 52.0 Å². The molecule has 11 heteroatoms. The third-order valence-corrected chi connectivity index (χ3v) is 5.38. The van der Waals surface area contributed by atoms with E-state index in [4.69, 9.17) is 25.8 Å². The number of halogens is 2. The predicted molar refractivity (Wildman–Crippen MR) is 134 cm³/mol. The maximum atomic E-state index is 13.4. The molecule has 0 saturated carbocycles. The topological polar surface area (TPSA) is 109 Å². The van der Waals surface area contributed by atoms with Gasteiger partial charge < -0.3 is 19.5 Å². The summed E-state index contributed by atoms with van der Waals surface area (Å²) in [6.45, 7) is 3.01. The van der Waals surface area contributed by atoms with E-state index in [-0.39, 0.29) is 30.5 Å². The van der Waals surface area contributed by atoms with Gasteiger partial charge in [0.25, 0.3) is 0 Å². The summed E-state index contributed by atoms with van der Waals surface area (Å²) in [5, 5.41) is 15.5. The van der Waals surface area contributed by atoms with E-state index in [2.05, 4.69) is 15.3 Å². The maximum Gasteiger partial charge on any atom is 0.311 e. The molecule has 1 heterocycles. The number of aromatic nitrogens is 2. The van der Waals surface area contributed by atoms with Crippen LogP contribution in [0, 0.1) is 15.9 Å². The van der Waals surface area contributed by atoms with Gasteiger partial charge in [-0.05, 0) is 42.8 Å². The summed E-state index contributed by atoms with van der Waals surface area (Å²) in [7, 11) is 0. The molecule has 3 aromatic carbocycles. The Hall–Kier alpha value is -4.02. The van der Waals surface area contributed by atoms with Crippen LogP contribution in [0.4, 0.5) is 21.6 Å². The van der Waals surface area contributed by atoms with Crippen molar-refractivity contribution >= 4 is 39.7 Å². The van der Waals surface area contributed by atoms with Crippen molar-refractivity contribution in [2.45, 2.75) is 13.5 Å². The van der Waals surface area contributed by atoms with Crippen LogP contribution in [0.3, 0.4) is 0 Å². The van der Waals surface area contributed by atoms with Crippen LogP contribution in [0.1, 0.15) is 12.5 Å². The van der Waals surface area contributed by atoms with Crippen LogP contribution in [-0.2, 0) is 11.3 Å². The smallest absolute Gasteiger partial charge is 0.311 e. The standard InChI is InChI=1S/C25H22ClFN4O5/c1-2-34-8-9-35-24-13-21-19(12-22(24)31(32)33)25(29-15-28-21)30-18-6-7-23(20(26)11-18)36-14-16-4-3-5-17(27)10-16/h3-7,10-13,15H,2,8-9,14H2,1H3,(H,28,29,30). The normalized spacial score (nSPS) is 10.9. The third kappa shape index (κ3) is 6.15. The van der Waals surface area contributed by atoms with Crippen molar-refractivity contribution in [1.82, 2.24) is 9.97 Å². The number of hydrogen-bond donors (Lipinski definition) is 1. The molecule has 0 unspecified atom stereocenters. The average Bonchev–Trinajstić information content (AvgIpc) is 2.86. The largest absolute Gasteiger partial charge is 0.487 e. The molecule has 0 fully saturated rings. The first-order chi connectivity index (χ1) is 17.4. The van der Waals surface area contributed by atoms with E-state index in [1.807, 2.05) is 6.92 Å². The fourth-order valence-electron chi connectivity index (χ4n) is 3.41. The van der Waals surface area contributed by atoms with Crippen LogP contribution in [0.15, 0.2) is 60.9 Å². The van der Waals surface area contributed by atoms with Crippen LogP contribution in [-0.4, -0.2) is 34.7 Å². The van der Waals surface area contributed by atoms with Gasteiger partial charge in [0.2, 0.25) is 0 Å². The first-order valence-corrected chi connectivity index (χ1v) is 11.4. The summed E-state index contributed by atoms with van der Waals surface area (Å²) >= 11 is 6.38. The number of nitrogens with zero attached hydrogens (tertiary/aromatic N) is 3. The molecule has 186 valence electrons. The molecular formula is C25H22ClFN4O5. The minimum atomic E-state index is -0.520. The Labute approximate surface area is 211 Å². The first-order valence-electron chi connectivity index (χ1n) is 11.0. The monoisotopic (exact) mass is 512 g/mol. The van der Waals surface area contributed by atoms with Gasteiger partial charge in [0, 0.05) is 24.4 Å². The Balaban J connectivity index is 1.54. The molecule has 1 N–H and O–H groups in total. The molecule has 0 aliphatic rings. The molecule has 4 aromatic rings. The Morgan fingerprint density at radius 3 is 2.67 bits per heavy atom. The summed E-state index contributed by atoms with van der Waals surface area (Å²) in [5.74, 6) is 0.528. The molecule has 0 amide bonds. The summed E-state index contributed by atoms with van der Waals surface area (Å²) in [6.07, 6.45) is 1.35. The van der Waals surface area contributed by atoms with Gasteiger partial charge in [0.05, 0.1) is 27.5 Å². The third-order valence-electron chi connectivity index (χ3n) is 5.08. The van der Waals surface area contributed by atoms with Crippen LogP contribution in [0.2, 0.25) is 5.02 Å². The SMILES string of the molecule is CCOCCOc1cc2ncnc(Nc3ccc(OCc4cccc(F)c4)c(Cl)c3)c2cc1[N+](=O)[O-]. The van der Waals surface area contributed by atoms with Crippen LogP contribution < -0.4 is 14.8 Å². The number of benzene rings is 3. The van der Waals surface area contributed by atoms with Crippen molar-refractivity contribution < 1.29 is 23.5 Å². The highest BCUT2D eigenvalue weighted by Gasteiger charge is 2.19. The lowest BCUT2D eigenvalue weighted by Gasteiger charge is -2.13. The Morgan fingerprint density at radius 2 is 1.92 bits per heavy atom. The summed E-state index contributed by atoms with van der Waals surface area (Å²) in [4.78, 5) is 19.6. The van der Waals surface area contributed by atoms with Crippen LogP contribution >= 0.6 is 11.6 Å². The molecule has 1 aromatic heterocycles. The summed E-state index contributed by atoms with van der Waals surface area (Å²) in [6, 6.07) is 14.0. The molecule has 0 bridgehead atoms. The first kappa shape index (κ1) is 25.1. The number of nitrogens with one attached hydrogen (secondary N) is 1. The zero-order valence-corrected chi connectivity index (χ0v) is 20.0.